The molecule has 1 unspecified atom stereocenters. The van der Waals surface area contributed by atoms with Gasteiger partial charge in [0.1, 0.15) is 5.75 Å². The third-order valence-corrected chi connectivity index (χ3v) is 4.92. The highest BCUT2D eigenvalue weighted by atomic mass is 35.5. The number of hydrogen-bond donors (Lipinski definition) is 0. The molecular formula is C19H19ClN4O2. The lowest BCUT2D eigenvalue weighted by molar-refractivity contribution is 0.0671. The van der Waals surface area contributed by atoms with Crippen LogP contribution in [0.1, 0.15) is 41.5 Å². The molecule has 4 rings (SSSR count). The lowest BCUT2D eigenvalue weighted by Crippen LogP contribution is -2.39. The number of fused-ring (bicyclic) bond motifs is 2. The fraction of sp³-hybridized carbons (Fsp3) is 0.316. The molecule has 26 heavy (non-hydrogen) atoms. The van der Waals surface area contributed by atoms with Crippen LogP contribution in [0, 0.1) is 0 Å². The molecule has 0 saturated heterocycles. The lowest BCUT2D eigenvalue weighted by Gasteiger charge is -2.35. The van der Waals surface area contributed by atoms with Gasteiger partial charge < -0.3 is 9.64 Å². The molecular weight excluding hydrogens is 352 g/mol. The Morgan fingerprint density at radius 1 is 1.38 bits per heavy atom. The minimum absolute atomic E-state index is 0.0481. The Hall–Kier alpha value is -2.60. The van der Waals surface area contributed by atoms with Crippen molar-refractivity contribution in [1.29, 1.82) is 0 Å². The van der Waals surface area contributed by atoms with Gasteiger partial charge in [0.05, 0.1) is 23.9 Å². The van der Waals surface area contributed by atoms with Gasteiger partial charge in [-0.15, -0.1) is 0 Å². The number of aromatic nitrogens is 3. The highest BCUT2D eigenvalue weighted by molar-refractivity contribution is 6.30. The molecule has 2 aromatic heterocycles. The van der Waals surface area contributed by atoms with Crippen LogP contribution in [0.15, 0.2) is 36.7 Å². The van der Waals surface area contributed by atoms with Gasteiger partial charge in [0.2, 0.25) is 0 Å². The van der Waals surface area contributed by atoms with E-state index in [0.717, 1.165) is 17.7 Å². The highest BCUT2D eigenvalue weighted by Gasteiger charge is 2.30. The smallest absolute Gasteiger partial charge is 0.274 e. The zero-order chi connectivity index (χ0) is 18.3. The molecule has 0 spiro atoms. The maximum Gasteiger partial charge on any atom is 0.274 e. The Kier molecular flexibility index (Phi) is 4.28. The highest BCUT2D eigenvalue weighted by Crippen LogP contribution is 2.33. The van der Waals surface area contributed by atoms with E-state index in [-0.39, 0.29) is 11.9 Å². The molecule has 0 saturated carbocycles. The Bertz CT molecular complexity index is 985. The Balaban J connectivity index is 1.64. The zero-order valence-electron chi connectivity index (χ0n) is 14.6. The van der Waals surface area contributed by atoms with E-state index in [2.05, 4.69) is 16.1 Å². The standard InChI is InChI=1S/C19H19ClN4O2/c1-3-26-15-5-4-13-6-7-23(12(2)16(13)8-15)19(25)17-9-18-21-10-14(20)11-24(18)22-17/h4-5,8-12H,3,6-7H2,1-2H3. The van der Waals surface area contributed by atoms with Crippen LogP contribution in [0.4, 0.5) is 0 Å². The molecule has 7 heteroatoms. The molecule has 0 bridgehead atoms. The van der Waals surface area contributed by atoms with Gasteiger partial charge in [-0.25, -0.2) is 9.50 Å². The van der Waals surface area contributed by atoms with Gasteiger partial charge in [-0.05, 0) is 43.5 Å². The number of nitrogens with zero attached hydrogens (tertiary/aromatic N) is 4. The van der Waals surface area contributed by atoms with Gasteiger partial charge in [0.25, 0.3) is 5.91 Å². The van der Waals surface area contributed by atoms with Crippen LogP contribution < -0.4 is 4.74 Å². The minimum Gasteiger partial charge on any atom is -0.494 e. The number of carbonyl (C=O) groups is 1. The molecule has 0 fully saturated rings. The molecule has 0 N–H and O–H groups in total. The average molecular weight is 371 g/mol. The summed E-state index contributed by atoms with van der Waals surface area (Å²) in [6, 6.07) is 7.76. The van der Waals surface area contributed by atoms with Crippen molar-refractivity contribution in [1.82, 2.24) is 19.5 Å². The second kappa shape index (κ2) is 6.61. The van der Waals surface area contributed by atoms with E-state index in [0.29, 0.717) is 29.5 Å². The van der Waals surface area contributed by atoms with Gasteiger partial charge in [-0.1, -0.05) is 17.7 Å². The SMILES string of the molecule is CCOc1ccc2c(c1)C(C)N(C(=O)c1cc3ncc(Cl)cn3n1)CC2. The van der Waals surface area contributed by atoms with Crippen molar-refractivity contribution in [3.63, 3.8) is 0 Å². The quantitative estimate of drug-likeness (QED) is 0.707. The van der Waals surface area contributed by atoms with Gasteiger partial charge in [-0.3, -0.25) is 4.79 Å². The van der Waals surface area contributed by atoms with Gasteiger partial charge in [0.15, 0.2) is 11.3 Å². The van der Waals surface area contributed by atoms with Crippen LogP contribution in [-0.2, 0) is 6.42 Å². The van der Waals surface area contributed by atoms with Crippen molar-refractivity contribution in [3.8, 4) is 5.75 Å². The van der Waals surface area contributed by atoms with E-state index in [1.807, 2.05) is 30.9 Å². The summed E-state index contributed by atoms with van der Waals surface area (Å²) < 4.78 is 7.14. The van der Waals surface area contributed by atoms with Crippen molar-refractivity contribution < 1.29 is 9.53 Å². The number of hydrogen-bond acceptors (Lipinski definition) is 4. The zero-order valence-corrected chi connectivity index (χ0v) is 15.4. The van der Waals surface area contributed by atoms with Crippen molar-refractivity contribution in [2.24, 2.45) is 0 Å². The van der Waals surface area contributed by atoms with Crippen LogP contribution in [0.3, 0.4) is 0 Å². The lowest BCUT2D eigenvalue weighted by atomic mass is 9.93. The molecule has 6 nitrogen and oxygen atoms in total. The summed E-state index contributed by atoms with van der Waals surface area (Å²) in [4.78, 5) is 19.1. The Morgan fingerprint density at radius 3 is 3.04 bits per heavy atom. The molecule has 1 aliphatic rings. The topological polar surface area (TPSA) is 59.7 Å². The summed E-state index contributed by atoms with van der Waals surface area (Å²) in [5, 5.41) is 4.82. The molecule has 1 amide bonds. The van der Waals surface area contributed by atoms with Crippen molar-refractivity contribution >= 4 is 23.2 Å². The van der Waals surface area contributed by atoms with Crippen LogP contribution in [0.25, 0.3) is 5.65 Å². The summed E-state index contributed by atoms with van der Waals surface area (Å²) in [5.74, 6) is 0.727. The molecule has 0 aliphatic carbocycles. The van der Waals surface area contributed by atoms with E-state index in [1.165, 1.54) is 10.1 Å². The van der Waals surface area contributed by atoms with E-state index < -0.39 is 0 Å². The van der Waals surface area contributed by atoms with Crippen LogP contribution >= 0.6 is 11.6 Å². The maximum atomic E-state index is 13.0. The number of ether oxygens (including phenoxy) is 1. The number of carbonyl (C=O) groups excluding carboxylic acids is 1. The summed E-state index contributed by atoms with van der Waals surface area (Å²) in [6.07, 6.45) is 4.00. The van der Waals surface area contributed by atoms with Crippen molar-refractivity contribution in [2.75, 3.05) is 13.2 Å². The fourth-order valence-corrected chi connectivity index (χ4v) is 3.57. The van der Waals surface area contributed by atoms with Gasteiger partial charge in [-0.2, -0.15) is 5.10 Å². The predicted molar refractivity (Wildman–Crippen MR) is 98.8 cm³/mol. The first kappa shape index (κ1) is 16.8. The number of halogens is 1. The van der Waals surface area contributed by atoms with Crippen molar-refractivity contribution in [3.05, 3.63) is 58.5 Å². The molecule has 3 heterocycles. The first-order valence-electron chi connectivity index (χ1n) is 8.64. The Labute approximate surface area is 156 Å². The normalized spacial score (nSPS) is 16.6. The Morgan fingerprint density at radius 2 is 2.23 bits per heavy atom. The third kappa shape index (κ3) is 2.90. The van der Waals surface area contributed by atoms with Crippen LogP contribution in [-0.4, -0.2) is 38.6 Å². The first-order chi connectivity index (χ1) is 12.6. The monoisotopic (exact) mass is 370 g/mol. The molecule has 134 valence electrons. The van der Waals surface area contributed by atoms with Gasteiger partial charge >= 0.3 is 0 Å². The molecule has 1 aliphatic heterocycles. The summed E-state index contributed by atoms with van der Waals surface area (Å²) in [7, 11) is 0. The van der Waals surface area contributed by atoms with E-state index in [9.17, 15) is 4.79 Å². The maximum absolute atomic E-state index is 13.0. The summed E-state index contributed by atoms with van der Waals surface area (Å²) in [6.45, 7) is 5.27. The first-order valence-corrected chi connectivity index (χ1v) is 9.02. The number of amides is 1. The second-order valence-corrected chi connectivity index (χ2v) is 6.76. The number of benzene rings is 1. The second-order valence-electron chi connectivity index (χ2n) is 6.32. The van der Waals surface area contributed by atoms with Crippen LogP contribution in [0.5, 0.6) is 5.75 Å². The average Bonchev–Trinajstić information content (AvgIpc) is 3.05. The molecule has 1 aromatic carbocycles. The van der Waals surface area contributed by atoms with Gasteiger partial charge in [0, 0.05) is 18.8 Å². The van der Waals surface area contributed by atoms with Crippen LogP contribution in [0.2, 0.25) is 5.02 Å². The molecule has 0 radical (unpaired) electrons. The third-order valence-electron chi connectivity index (χ3n) is 4.73. The fourth-order valence-electron chi connectivity index (χ4n) is 3.43. The van der Waals surface area contributed by atoms with E-state index >= 15 is 0 Å². The molecule has 3 aromatic rings. The predicted octanol–water partition coefficient (Wildman–Crippen LogP) is 3.54. The number of rotatable bonds is 3. The van der Waals surface area contributed by atoms with Crippen molar-refractivity contribution in [2.45, 2.75) is 26.3 Å². The van der Waals surface area contributed by atoms with E-state index in [4.69, 9.17) is 16.3 Å². The largest absolute Gasteiger partial charge is 0.494 e. The summed E-state index contributed by atoms with van der Waals surface area (Å²) in [5.41, 5.74) is 3.35. The minimum atomic E-state index is -0.105. The summed E-state index contributed by atoms with van der Waals surface area (Å²) >= 11 is 5.95. The van der Waals surface area contributed by atoms with E-state index in [1.54, 1.807) is 18.5 Å². The molecule has 1 atom stereocenters.